The van der Waals surface area contributed by atoms with Crippen molar-refractivity contribution in [2.24, 2.45) is 0 Å². The van der Waals surface area contributed by atoms with Gasteiger partial charge >= 0.3 is 0 Å². The summed E-state index contributed by atoms with van der Waals surface area (Å²) >= 11 is 0. The van der Waals surface area contributed by atoms with Gasteiger partial charge in [0.2, 0.25) is 0 Å². The number of carbonyl (C=O) groups is 1. The average Bonchev–Trinajstić information content (AvgIpc) is 2.74. The molecular formula is C25H20O2. The van der Waals surface area contributed by atoms with Gasteiger partial charge in [0.15, 0.2) is 5.78 Å². The van der Waals surface area contributed by atoms with Gasteiger partial charge < -0.3 is 4.74 Å². The molecule has 2 heteroatoms. The molecule has 0 radical (unpaired) electrons. The normalized spacial score (nSPS) is 15.9. The molecule has 0 aliphatic carbocycles. The zero-order chi connectivity index (χ0) is 18.5. The summed E-state index contributed by atoms with van der Waals surface area (Å²) in [4.78, 5) is 12.1. The summed E-state index contributed by atoms with van der Waals surface area (Å²) < 4.78 is 5.93. The van der Waals surface area contributed by atoms with Gasteiger partial charge in [0, 0.05) is 11.6 Å². The molecule has 1 heterocycles. The maximum Gasteiger partial charge on any atom is 0.162 e. The predicted molar refractivity (Wildman–Crippen MR) is 109 cm³/mol. The highest BCUT2D eigenvalue weighted by atomic mass is 16.5. The minimum atomic E-state index is -0.319. The van der Waals surface area contributed by atoms with E-state index in [1.165, 1.54) is 12.3 Å². The van der Waals surface area contributed by atoms with E-state index in [0.29, 0.717) is 6.42 Å². The maximum absolute atomic E-state index is 12.1. The van der Waals surface area contributed by atoms with Gasteiger partial charge in [-0.2, -0.15) is 0 Å². The third kappa shape index (κ3) is 3.75. The van der Waals surface area contributed by atoms with E-state index in [0.717, 1.165) is 27.8 Å². The van der Waals surface area contributed by atoms with Crippen LogP contribution in [0.2, 0.25) is 0 Å². The lowest BCUT2D eigenvalue weighted by Crippen LogP contribution is -2.21. The summed E-state index contributed by atoms with van der Waals surface area (Å²) in [6.07, 6.45) is 3.04. The molecule has 1 aliphatic rings. The predicted octanol–water partition coefficient (Wildman–Crippen LogP) is 5.52. The van der Waals surface area contributed by atoms with Crippen LogP contribution in [0.3, 0.4) is 0 Å². The van der Waals surface area contributed by atoms with E-state index in [1.54, 1.807) is 0 Å². The van der Waals surface area contributed by atoms with Gasteiger partial charge in [0.25, 0.3) is 0 Å². The Morgan fingerprint density at radius 3 is 1.67 bits per heavy atom. The molecule has 3 aromatic carbocycles. The smallest absolute Gasteiger partial charge is 0.162 e. The van der Waals surface area contributed by atoms with Crippen LogP contribution in [0.4, 0.5) is 0 Å². The second-order valence-corrected chi connectivity index (χ2v) is 6.48. The van der Waals surface area contributed by atoms with Crippen LogP contribution in [-0.4, -0.2) is 11.9 Å². The van der Waals surface area contributed by atoms with Crippen LogP contribution in [0, 0.1) is 0 Å². The number of allylic oxidation sites excluding steroid dienone is 1. The SMILES string of the molecule is O=C1C=CO[C@H](C(=C(c2ccccc2)c2ccccc2)c2ccccc2)C1. The van der Waals surface area contributed by atoms with Gasteiger partial charge in [0.1, 0.15) is 6.10 Å². The summed E-state index contributed by atoms with van der Waals surface area (Å²) in [5, 5.41) is 0. The van der Waals surface area contributed by atoms with Crippen LogP contribution in [-0.2, 0) is 9.53 Å². The van der Waals surface area contributed by atoms with Crippen LogP contribution < -0.4 is 0 Å². The molecule has 27 heavy (non-hydrogen) atoms. The monoisotopic (exact) mass is 352 g/mol. The van der Waals surface area contributed by atoms with Gasteiger partial charge in [-0.3, -0.25) is 4.79 Å². The fraction of sp³-hybridized carbons (Fsp3) is 0.0800. The molecule has 1 atom stereocenters. The van der Waals surface area contributed by atoms with Crippen LogP contribution >= 0.6 is 0 Å². The highest BCUT2D eigenvalue weighted by Gasteiger charge is 2.26. The summed E-state index contributed by atoms with van der Waals surface area (Å²) in [7, 11) is 0. The van der Waals surface area contributed by atoms with E-state index < -0.39 is 0 Å². The van der Waals surface area contributed by atoms with E-state index in [2.05, 4.69) is 36.4 Å². The van der Waals surface area contributed by atoms with E-state index in [-0.39, 0.29) is 11.9 Å². The number of hydrogen-bond donors (Lipinski definition) is 0. The quantitative estimate of drug-likeness (QED) is 0.578. The standard InChI is InChI=1S/C25H20O2/c26-22-16-17-27-23(18-22)25(21-14-8-3-9-15-21)24(19-10-4-1-5-11-19)20-12-6-2-7-13-20/h1-17,23H,18H2/t23-/m0/s1. The number of benzene rings is 3. The zero-order valence-corrected chi connectivity index (χ0v) is 14.9. The van der Waals surface area contributed by atoms with E-state index in [1.807, 2.05) is 54.6 Å². The minimum Gasteiger partial charge on any atom is -0.493 e. The van der Waals surface area contributed by atoms with Crippen molar-refractivity contribution in [3.05, 3.63) is 120 Å². The van der Waals surface area contributed by atoms with Crippen molar-refractivity contribution in [3.63, 3.8) is 0 Å². The number of ketones is 1. The first kappa shape index (κ1) is 17.0. The maximum atomic E-state index is 12.1. The third-order valence-electron chi connectivity index (χ3n) is 4.68. The topological polar surface area (TPSA) is 26.3 Å². The molecule has 0 unspecified atom stereocenters. The van der Waals surface area contributed by atoms with Gasteiger partial charge in [0.05, 0.1) is 12.7 Å². The van der Waals surface area contributed by atoms with Crippen molar-refractivity contribution in [2.45, 2.75) is 12.5 Å². The highest BCUT2D eigenvalue weighted by Crippen LogP contribution is 2.37. The lowest BCUT2D eigenvalue weighted by Gasteiger charge is -2.26. The Balaban J connectivity index is 2.01. The molecule has 0 saturated carbocycles. The van der Waals surface area contributed by atoms with Crippen LogP contribution in [0.25, 0.3) is 11.1 Å². The molecule has 1 aliphatic heterocycles. The molecule has 2 nitrogen and oxygen atoms in total. The minimum absolute atomic E-state index is 0.0835. The molecule has 3 aromatic rings. The molecule has 0 saturated heterocycles. The molecule has 0 spiro atoms. The first-order valence-corrected chi connectivity index (χ1v) is 9.08. The Bertz CT molecular complexity index is 929. The van der Waals surface area contributed by atoms with Gasteiger partial charge in [-0.15, -0.1) is 0 Å². The third-order valence-corrected chi connectivity index (χ3v) is 4.68. The van der Waals surface area contributed by atoms with Crippen molar-refractivity contribution in [3.8, 4) is 0 Å². The van der Waals surface area contributed by atoms with Gasteiger partial charge in [-0.1, -0.05) is 91.0 Å². The van der Waals surface area contributed by atoms with Crippen molar-refractivity contribution in [1.82, 2.24) is 0 Å². The molecule has 132 valence electrons. The lowest BCUT2D eigenvalue weighted by atomic mass is 9.85. The summed E-state index contributed by atoms with van der Waals surface area (Å²) in [6, 6.07) is 30.8. The van der Waals surface area contributed by atoms with Gasteiger partial charge in [-0.05, 0) is 22.3 Å². The largest absolute Gasteiger partial charge is 0.493 e. The molecular weight excluding hydrogens is 332 g/mol. The van der Waals surface area contributed by atoms with Crippen molar-refractivity contribution in [1.29, 1.82) is 0 Å². The van der Waals surface area contributed by atoms with Crippen molar-refractivity contribution >= 4 is 16.9 Å². The van der Waals surface area contributed by atoms with Gasteiger partial charge in [-0.25, -0.2) is 0 Å². The van der Waals surface area contributed by atoms with Crippen LogP contribution in [0.1, 0.15) is 23.1 Å². The molecule has 0 amide bonds. The van der Waals surface area contributed by atoms with Crippen molar-refractivity contribution < 1.29 is 9.53 Å². The lowest BCUT2D eigenvalue weighted by molar-refractivity contribution is -0.117. The second-order valence-electron chi connectivity index (χ2n) is 6.48. The Kier molecular flexibility index (Phi) is 4.97. The Morgan fingerprint density at radius 2 is 1.19 bits per heavy atom. The molecule has 0 N–H and O–H groups in total. The van der Waals surface area contributed by atoms with E-state index in [4.69, 9.17) is 4.74 Å². The summed E-state index contributed by atoms with van der Waals surface area (Å²) in [5.41, 5.74) is 5.40. The highest BCUT2D eigenvalue weighted by molar-refractivity contribution is 6.02. The Morgan fingerprint density at radius 1 is 0.704 bits per heavy atom. The molecule has 0 aromatic heterocycles. The number of hydrogen-bond acceptors (Lipinski definition) is 2. The molecule has 0 fully saturated rings. The summed E-state index contributed by atoms with van der Waals surface area (Å²) in [5.74, 6) is 0.0835. The number of carbonyl (C=O) groups excluding carboxylic acids is 1. The van der Waals surface area contributed by atoms with Crippen LogP contribution in [0.5, 0.6) is 0 Å². The van der Waals surface area contributed by atoms with E-state index >= 15 is 0 Å². The first-order valence-electron chi connectivity index (χ1n) is 9.08. The Hall–Kier alpha value is -3.39. The number of rotatable bonds is 4. The number of ether oxygens (including phenoxy) is 1. The fourth-order valence-corrected chi connectivity index (χ4v) is 3.48. The second kappa shape index (κ2) is 7.88. The van der Waals surface area contributed by atoms with E-state index in [9.17, 15) is 4.79 Å². The molecule has 0 bridgehead atoms. The Labute approximate surface area is 159 Å². The first-order chi connectivity index (χ1) is 13.3. The summed E-state index contributed by atoms with van der Waals surface area (Å²) in [6.45, 7) is 0. The van der Waals surface area contributed by atoms with Crippen molar-refractivity contribution in [2.75, 3.05) is 0 Å². The average molecular weight is 352 g/mol. The zero-order valence-electron chi connectivity index (χ0n) is 14.9. The molecule has 4 rings (SSSR count). The van der Waals surface area contributed by atoms with Crippen LogP contribution in [0.15, 0.2) is 103 Å². The fourth-order valence-electron chi connectivity index (χ4n) is 3.48.